The van der Waals surface area contributed by atoms with Crippen molar-refractivity contribution in [1.29, 1.82) is 0 Å². The molecule has 1 nitrogen and oxygen atoms in total. The van der Waals surface area contributed by atoms with Crippen molar-refractivity contribution in [3.05, 3.63) is 48.0 Å². The Balaban J connectivity index is 2.90. The molecule has 17 heavy (non-hydrogen) atoms. The van der Waals surface area contributed by atoms with Crippen LogP contribution in [0.5, 0.6) is 5.75 Å². The van der Waals surface area contributed by atoms with Crippen molar-refractivity contribution in [2.45, 2.75) is 26.2 Å². The average Bonchev–Trinajstić information content (AvgIpc) is 2.28. The smallest absolute Gasteiger partial charge is 0.130 e. The Labute approximate surface area is 102 Å². The second kappa shape index (κ2) is 3.92. The van der Waals surface area contributed by atoms with Gasteiger partial charge in [-0.3, -0.25) is 0 Å². The Kier molecular flexibility index (Phi) is 2.70. The van der Waals surface area contributed by atoms with Crippen LogP contribution >= 0.6 is 0 Å². The number of phenols is 1. The van der Waals surface area contributed by atoms with Crippen LogP contribution in [0.1, 0.15) is 31.9 Å². The van der Waals surface area contributed by atoms with Crippen LogP contribution in [0.3, 0.4) is 0 Å². The van der Waals surface area contributed by atoms with E-state index in [0.29, 0.717) is 5.75 Å². The first-order valence-corrected chi connectivity index (χ1v) is 5.83. The molecule has 2 aromatic rings. The molecule has 0 aliphatic heterocycles. The first-order valence-electron chi connectivity index (χ1n) is 5.83. The van der Waals surface area contributed by atoms with Gasteiger partial charge in [0, 0.05) is 10.9 Å². The molecule has 0 heterocycles. The highest BCUT2D eigenvalue weighted by molar-refractivity contribution is 5.93. The van der Waals surface area contributed by atoms with Gasteiger partial charge in [-0.05, 0) is 22.4 Å². The van der Waals surface area contributed by atoms with Gasteiger partial charge in [-0.1, -0.05) is 57.7 Å². The Morgan fingerprint density at radius 3 is 2.41 bits per heavy atom. The van der Waals surface area contributed by atoms with Gasteiger partial charge in [0.2, 0.25) is 0 Å². The molecule has 0 amide bonds. The number of fused-ring (bicyclic) bond motifs is 1. The van der Waals surface area contributed by atoms with E-state index in [1.54, 1.807) is 6.08 Å². The monoisotopic (exact) mass is 226 g/mol. The van der Waals surface area contributed by atoms with Gasteiger partial charge in [-0.2, -0.15) is 0 Å². The fourth-order valence-corrected chi connectivity index (χ4v) is 2.17. The van der Waals surface area contributed by atoms with Crippen LogP contribution in [-0.4, -0.2) is 5.11 Å². The van der Waals surface area contributed by atoms with Gasteiger partial charge in [0.1, 0.15) is 5.75 Å². The van der Waals surface area contributed by atoms with E-state index in [2.05, 4.69) is 33.4 Å². The molecular weight excluding hydrogens is 208 g/mol. The lowest BCUT2D eigenvalue weighted by Gasteiger charge is -2.23. The number of rotatable bonds is 1. The van der Waals surface area contributed by atoms with Crippen LogP contribution in [0.2, 0.25) is 0 Å². The predicted octanol–water partition coefficient (Wildman–Crippen LogP) is 4.49. The number of benzene rings is 2. The van der Waals surface area contributed by atoms with Gasteiger partial charge in [0.25, 0.3) is 0 Å². The molecular formula is C16H18O. The molecule has 1 N–H and O–H groups in total. The molecule has 0 bridgehead atoms. The van der Waals surface area contributed by atoms with E-state index in [-0.39, 0.29) is 5.41 Å². The fourth-order valence-electron chi connectivity index (χ4n) is 2.17. The first-order chi connectivity index (χ1) is 7.95. The maximum absolute atomic E-state index is 10.3. The zero-order chi connectivity index (χ0) is 12.6. The van der Waals surface area contributed by atoms with Crippen molar-refractivity contribution in [2.75, 3.05) is 0 Å². The van der Waals surface area contributed by atoms with Crippen LogP contribution < -0.4 is 0 Å². The molecule has 0 radical (unpaired) electrons. The Morgan fingerprint density at radius 1 is 1.18 bits per heavy atom. The molecule has 0 saturated heterocycles. The SMILES string of the molecule is C=Cc1c(C(C)(C)C)cc2ccccc2c1O. The molecule has 0 aliphatic carbocycles. The molecule has 0 saturated carbocycles. The van der Waals surface area contributed by atoms with Crippen molar-refractivity contribution in [3.63, 3.8) is 0 Å². The zero-order valence-electron chi connectivity index (χ0n) is 10.6. The first kappa shape index (κ1) is 11.7. The summed E-state index contributed by atoms with van der Waals surface area (Å²) in [6.45, 7) is 10.2. The lowest BCUT2D eigenvalue weighted by Crippen LogP contribution is -2.13. The van der Waals surface area contributed by atoms with E-state index in [1.165, 1.54) is 0 Å². The quantitative estimate of drug-likeness (QED) is 0.759. The molecule has 0 atom stereocenters. The minimum atomic E-state index is -0.00889. The second-order valence-corrected chi connectivity index (χ2v) is 5.36. The number of aromatic hydroxyl groups is 1. The number of hydrogen-bond donors (Lipinski definition) is 1. The molecule has 2 rings (SSSR count). The maximum atomic E-state index is 10.3. The molecule has 0 fully saturated rings. The van der Waals surface area contributed by atoms with Crippen LogP contribution in [0, 0.1) is 0 Å². The maximum Gasteiger partial charge on any atom is 0.130 e. The minimum absolute atomic E-state index is 0.00889. The van der Waals surface area contributed by atoms with Gasteiger partial charge in [-0.15, -0.1) is 0 Å². The Bertz CT molecular complexity index is 574. The van der Waals surface area contributed by atoms with E-state index in [9.17, 15) is 5.11 Å². The highest BCUT2D eigenvalue weighted by Crippen LogP contribution is 2.37. The van der Waals surface area contributed by atoms with Crippen LogP contribution in [0.4, 0.5) is 0 Å². The summed E-state index contributed by atoms with van der Waals surface area (Å²) in [6.07, 6.45) is 1.74. The van der Waals surface area contributed by atoms with Gasteiger partial charge >= 0.3 is 0 Å². The lowest BCUT2D eigenvalue weighted by atomic mass is 9.82. The minimum Gasteiger partial charge on any atom is -0.507 e. The number of hydrogen-bond acceptors (Lipinski definition) is 1. The highest BCUT2D eigenvalue weighted by Gasteiger charge is 2.20. The van der Waals surface area contributed by atoms with E-state index >= 15 is 0 Å². The lowest BCUT2D eigenvalue weighted by molar-refractivity contribution is 0.476. The molecule has 88 valence electrons. The van der Waals surface area contributed by atoms with Gasteiger partial charge in [0.15, 0.2) is 0 Å². The third-order valence-corrected chi connectivity index (χ3v) is 3.07. The van der Waals surface area contributed by atoms with Gasteiger partial charge in [0.05, 0.1) is 0 Å². The molecule has 0 unspecified atom stereocenters. The van der Waals surface area contributed by atoms with E-state index in [4.69, 9.17) is 0 Å². The zero-order valence-corrected chi connectivity index (χ0v) is 10.6. The second-order valence-electron chi connectivity index (χ2n) is 5.36. The summed E-state index contributed by atoms with van der Waals surface area (Å²) >= 11 is 0. The summed E-state index contributed by atoms with van der Waals surface area (Å²) in [4.78, 5) is 0. The van der Waals surface area contributed by atoms with Crippen molar-refractivity contribution >= 4 is 16.8 Å². The third kappa shape index (κ3) is 1.93. The largest absolute Gasteiger partial charge is 0.507 e. The van der Waals surface area contributed by atoms with Crippen molar-refractivity contribution in [2.24, 2.45) is 0 Å². The van der Waals surface area contributed by atoms with Crippen LogP contribution in [-0.2, 0) is 5.41 Å². The van der Waals surface area contributed by atoms with Crippen molar-refractivity contribution in [3.8, 4) is 5.75 Å². The van der Waals surface area contributed by atoms with Crippen molar-refractivity contribution in [1.82, 2.24) is 0 Å². The summed E-state index contributed by atoms with van der Waals surface area (Å²) in [7, 11) is 0. The standard InChI is InChI=1S/C16H18O/c1-5-12-14(16(2,3)4)10-11-8-6-7-9-13(11)15(12)17/h5-10,17H,1H2,2-4H3. The number of phenolic OH excluding ortho intramolecular Hbond substituents is 1. The van der Waals surface area contributed by atoms with Gasteiger partial charge in [-0.25, -0.2) is 0 Å². The average molecular weight is 226 g/mol. The topological polar surface area (TPSA) is 20.2 Å². The Hall–Kier alpha value is -1.76. The summed E-state index contributed by atoms with van der Waals surface area (Å²) in [6, 6.07) is 10.0. The molecule has 0 spiro atoms. The van der Waals surface area contributed by atoms with E-state index in [0.717, 1.165) is 21.9 Å². The molecule has 0 aromatic heterocycles. The Morgan fingerprint density at radius 2 is 1.82 bits per heavy atom. The summed E-state index contributed by atoms with van der Waals surface area (Å²) < 4.78 is 0. The molecule has 1 heteroatoms. The van der Waals surface area contributed by atoms with E-state index < -0.39 is 0 Å². The summed E-state index contributed by atoms with van der Waals surface area (Å²) in [5, 5.41) is 12.3. The summed E-state index contributed by atoms with van der Waals surface area (Å²) in [5.41, 5.74) is 1.96. The summed E-state index contributed by atoms with van der Waals surface area (Å²) in [5.74, 6) is 0.336. The van der Waals surface area contributed by atoms with E-state index in [1.807, 2.05) is 24.3 Å². The van der Waals surface area contributed by atoms with Gasteiger partial charge < -0.3 is 5.11 Å². The molecule has 0 aliphatic rings. The van der Waals surface area contributed by atoms with Crippen molar-refractivity contribution < 1.29 is 5.11 Å². The fraction of sp³-hybridized carbons (Fsp3) is 0.250. The molecule has 2 aromatic carbocycles. The van der Waals surface area contributed by atoms with Crippen LogP contribution in [0.15, 0.2) is 36.9 Å². The van der Waals surface area contributed by atoms with Crippen LogP contribution in [0.25, 0.3) is 16.8 Å². The highest BCUT2D eigenvalue weighted by atomic mass is 16.3. The predicted molar refractivity (Wildman–Crippen MR) is 74.4 cm³/mol. The normalized spacial score (nSPS) is 11.7. The third-order valence-electron chi connectivity index (χ3n) is 3.07.